The molecule has 1 aromatic rings. The first-order valence-corrected chi connectivity index (χ1v) is 7.28. The van der Waals surface area contributed by atoms with E-state index < -0.39 is 0 Å². The molecule has 0 bridgehead atoms. The number of hydrogen-bond acceptors (Lipinski definition) is 3. The van der Waals surface area contributed by atoms with Gasteiger partial charge in [-0.15, -0.1) is 0 Å². The van der Waals surface area contributed by atoms with Crippen LogP contribution in [0.5, 0.6) is 11.5 Å². The quantitative estimate of drug-likeness (QED) is 0.816. The van der Waals surface area contributed by atoms with Crippen LogP contribution in [0.3, 0.4) is 0 Å². The van der Waals surface area contributed by atoms with Crippen molar-refractivity contribution in [2.45, 2.75) is 39.2 Å². The minimum atomic E-state index is 0.298. The predicted octanol–water partition coefficient (Wildman–Crippen LogP) is 3.54. The van der Waals surface area contributed by atoms with Gasteiger partial charge in [0.1, 0.15) is 11.5 Å². The van der Waals surface area contributed by atoms with Crippen LogP contribution in [0.4, 0.5) is 0 Å². The van der Waals surface area contributed by atoms with Gasteiger partial charge in [0.25, 0.3) is 0 Å². The summed E-state index contributed by atoms with van der Waals surface area (Å²) in [6, 6.07) is 6.40. The van der Waals surface area contributed by atoms with Crippen molar-refractivity contribution in [1.29, 1.82) is 0 Å². The molecule has 0 spiro atoms. The fraction of sp³-hybridized carbons (Fsp3) is 0.625. The molecule has 1 aromatic carbocycles. The zero-order chi connectivity index (χ0) is 13.7. The van der Waals surface area contributed by atoms with E-state index in [1.165, 1.54) is 24.8 Å². The third-order valence-corrected chi connectivity index (χ3v) is 3.90. The van der Waals surface area contributed by atoms with Crippen LogP contribution in [0.25, 0.3) is 0 Å². The topological polar surface area (TPSA) is 30.5 Å². The first-order valence-electron chi connectivity index (χ1n) is 7.28. The molecule has 1 N–H and O–H groups in total. The highest BCUT2D eigenvalue weighted by Crippen LogP contribution is 2.32. The van der Waals surface area contributed by atoms with Crippen LogP contribution in [-0.4, -0.2) is 20.3 Å². The van der Waals surface area contributed by atoms with E-state index in [4.69, 9.17) is 9.47 Å². The molecule has 0 aromatic heterocycles. The number of ether oxygens (including phenoxy) is 2. The summed E-state index contributed by atoms with van der Waals surface area (Å²) in [4.78, 5) is 0. The van der Waals surface area contributed by atoms with Crippen molar-refractivity contribution >= 4 is 0 Å². The molecular weight excluding hydrogens is 238 g/mol. The maximum atomic E-state index is 6.03. The van der Waals surface area contributed by atoms with Gasteiger partial charge in [-0.05, 0) is 38.3 Å². The Labute approximate surface area is 116 Å². The van der Waals surface area contributed by atoms with E-state index in [1.54, 1.807) is 7.11 Å². The van der Waals surface area contributed by atoms with Gasteiger partial charge in [-0.2, -0.15) is 0 Å². The highest BCUT2D eigenvalue weighted by molar-refractivity contribution is 5.42. The summed E-state index contributed by atoms with van der Waals surface area (Å²) in [6.07, 6.45) is 3.97. The second kappa shape index (κ2) is 6.80. The summed E-state index contributed by atoms with van der Waals surface area (Å²) in [5.41, 5.74) is 1.21. The lowest BCUT2D eigenvalue weighted by Gasteiger charge is -2.26. The van der Waals surface area contributed by atoms with E-state index in [0.29, 0.717) is 6.04 Å². The molecule has 3 heteroatoms. The summed E-state index contributed by atoms with van der Waals surface area (Å²) < 4.78 is 11.3. The van der Waals surface area contributed by atoms with Crippen LogP contribution in [-0.2, 0) is 0 Å². The monoisotopic (exact) mass is 263 g/mol. The smallest absolute Gasteiger partial charge is 0.127 e. The van der Waals surface area contributed by atoms with Crippen molar-refractivity contribution in [3.8, 4) is 11.5 Å². The van der Waals surface area contributed by atoms with Crippen molar-refractivity contribution in [2.75, 3.05) is 20.3 Å². The average Bonchev–Trinajstić information content (AvgIpc) is 2.37. The normalized spacial score (nSPS) is 16.8. The molecule has 1 fully saturated rings. The van der Waals surface area contributed by atoms with Gasteiger partial charge in [0.05, 0.1) is 13.7 Å². The fourth-order valence-corrected chi connectivity index (χ4v) is 2.41. The molecule has 1 aliphatic carbocycles. The summed E-state index contributed by atoms with van der Waals surface area (Å²) in [5.74, 6) is 2.56. The third kappa shape index (κ3) is 3.63. The van der Waals surface area contributed by atoms with Crippen molar-refractivity contribution < 1.29 is 9.47 Å². The van der Waals surface area contributed by atoms with E-state index in [9.17, 15) is 0 Å². The average molecular weight is 263 g/mol. The van der Waals surface area contributed by atoms with Crippen LogP contribution in [0.2, 0.25) is 0 Å². The minimum Gasteiger partial charge on any atom is -0.497 e. The zero-order valence-electron chi connectivity index (χ0n) is 12.2. The molecule has 1 aliphatic rings. The first-order chi connectivity index (χ1) is 9.24. The molecule has 2 rings (SSSR count). The molecule has 0 aliphatic heterocycles. The van der Waals surface area contributed by atoms with E-state index in [-0.39, 0.29) is 0 Å². The summed E-state index contributed by atoms with van der Waals surface area (Å²) in [6.45, 7) is 6.07. The first kappa shape index (κ1) is 14.2. The molecule has 3 nitrogen and oxygen atoms in total. The van der Waals surface area contributed by atoms with Gasteiger partial charge in [-0.3, -0.25) is 0 Å². The second-order valence-corrected chi connectivity index (χ2v) is 5.29. The van der Waals surface area contributed by atoms with Crippen LogP contribution in [0.15, 0.2) is 18.2 Å². The van der Waals surface area contributed by atoms with Gasteiger partial charge in [0.15, 0.2) is 0 Å². The Morgan fingerprint density at radius 2 is 2.16 bits per heavy atom. The molecule has 0 amide bonds. The molecule has 0 saturated heterocycles. The Kier molecular flexibility index (Phi) is 5.08. The van der Waals surface area contributed by atoms with Gasteiger partial charge >= 0.3 is 0 Å². The molecule has 1 atom stereocenters. The SMILES string of the molecule is CCNC(C)c1ccc(OC)cc1OCC1CCC1. The van der Waals surface area contributed by atoms with Crippen molar-refractivity contribution in [3.63, 3.8) is 0 Å². The van der Waals surface area contributed by atoms with Crippen LogP contribution < -0.4 is 14.8 Å². The van der Waals surface area contributed by atoms with Crippen LogP contribution in [0.1, 0.15) is 44.7 Å². The number of hydrogen-bond donors (Lipinski definition) is 1. The highest BCUT2D eigenvalue weighted by atomic mass is 16.5. The second-order valence-electron chi connectivity index (χ2n) is 5.29. The summed E-state index contributed by atoms with van der Waals surface area (Å²) >= 11 is 0. The standard InChI is InChI=1S/C16H25NO2/c1-4-17-12(2)15-9-8-14(18-3)10-16(15)19-11-13-6-5-7-13/h8-10,12-13,17H,4-7,11H2,1-3H3. The molecule has 1 unspecified atom stereocenters. The molecule has 1 saturated carbocycles. The Bertz CT molecular complexity index is 402. The van der Waals surface area contributed by atoms with Crippen LogP contribution >= 0.6 is 0 Å². The maximum absolute atomic E-state index is 6.03. The Morgan fingerprint density at radius 1 is 1.37 bits per heavy atom. The van der Waals surface area contributed by atoms with E-state index >= 15 is 0 Å². The number of nitrogens with one attached hydrogen (secondary N) is 1. The van der Waals surface area contributed by atoms with Gasteiger partial charge in [-0.1, -0.05) is 19.4 Å². The lowest BCUT2D eigenvalue weighted by Crippen LogP contribution is -2.22. The lowest BCUT2D eigenvalue weighted by molar-refractivity contribution is 0.178. The number of methoxy groups -OCH3 is 1. The molecule has 106 valence electrons. The predicted molar refractivity (Wildman–Crippen MR) is 77.9 cm³/mol. The zero-order valence-corrected chi connectivity index (χ0v) is 12.2. The van der Waals surface area contributed by atoms with Crippen molar-refractivity contribution in [2.24, 2.45) is 5.92 Å². The molecule has 0 radical (unpaired) electrons. The van der Waals surface area contributed by atoms with Gasteiger partial charge < -0.3 is 14.8 Å². The Hall–Kier alpha value is -1.22. The van der Waals surface area contributed by atoms with Crippen molar-refractivity contribution in [3.05, 3.63) is 23.8 Å². The largest absolute Gasteiger partial charge is 0.497 e. The maximum Gasteiger partial charge on any atom is 0.127 e. The molecule has 19 heavy (non-hydrogen) atoms. The van der Waals surface area contributed by atoms with Crippen molar-refractivity contribution in [1.82, 2.24) is 5.32 Å². The third-order valence-electron chi connectivity index (χ3n) is 3.90. The number of rotatable bonds is 7. The molecular formula is C16H25NO2. The number of benzene rings is 1. The van der Waals surface area contributed by atoms with E-state index in [1.807, 2.05) is 12.1 Å². The fourth-order valence-electron chi connectivity index (χ4n) is 2.41. The van der Waals surface area contributed by atoms with Gasteiger partial charge in [-0.25, -0.2) is 0 Å². The van der Waals surface area contributed by atoms with E-state index in [0.717, 1.165) is 30.6 Å². The van der Waals surface area contributed by atoms with E-state index in [2.05, 4.69) is 25.2 Å². The Morgan fingerprint density at radius 3 is 2.74 bits per heavy atom. The Balaban J connectivity index is 2.10. The van der Waals surface area contributed by atoms with Crippen LogP contribution in [0, 0.1) is 5.92 Å². The highest BCUT2D eigenvalue weighted by Gasteiger charge is 2.19. The summed E-state index contributed by atoms with van der Waals surface area (Å²) in [5, 5.41) is 3.43. The molecule has 0 heterocycles. The minimum absolute atomic E-state index is 0.298. The summed E-state index contributed by atoms with van der Waals surface area (Å²) in [7, 11) is 1.69. The lowest BCUT2D eigenvalue weighted by atomic mass is 9.86. The van der Waals surface area contributed by atoms with Gasteiger partial charge in [0.2, 0.25) is 0 Å². The van der Waals surface area contributed by atoms with Gasteiger partial charge in [0, 0.05) is 17.7 Å².